The highest BCUT2D eigenvalue weighted by Gasteiger charge is 2.37. The molecule has 0 atom stereocenters. The molecule has 0 radical (unpaired) electrons. The van der Waals surface area contributed by atoms with Crippen LogP contribution in [0.25, 0.3) is 0 Å². The Hall–Kier alpha value is 1.28. The van der Waals surface area contributed by atoms with Gasteiger partial charge < -0.3 is 0 Å². The van der Waals surface area contributed by atoms with Crippen LogP contribution >= 0.6 is 39.1 Å². The lowest BCUT2D eigenvalue weighted by Crippen LogP contribution is -2.37. The molecule has 0 N–H and O–H groups in total. The molecule has 0 aromatic heterocycles. The van der Waals surface area contributed by atoms with Crippen molar-refractivity contribution in [2.75, 3.05) is 0 Å². The van der Waals surface area contributed by atoms with Crippen molar-refractivity contribution < 1.29 is 0 Å². The van der Waals surface area contributed by atoms with Crippen molar-refractivity contribution in [3.63, 3.8) is 0 Å². The van der Waals surface area contributed by atoms with Crippen LogP contribution in [0, 0.1) is 0 Å². The van der Waals surface area contributed by atoms with E-state index in [4.69, 9.17) is 23.2 Å². The molecule has 0 aliphatic heterocycles. The summed E-state index contributed by atoms with van der Waals surface area (Å²) in [4.78, 5) is 0. The fourth-order valence-electron chi connectivity index (χ4n) is 0. The van der Waals surface area contributed by atoms with Gasteiger partial charge in [0.1, 0.15) is 8.07 Å². The van der Waals surface area contributed by atoms with Crippen molar-refractivity contribution in [3.8, 4) is 0 Å². The van der Waals surface area contributed by atoms with E-state index < -0.39 is 10.9 Å². The second-order valence-corrected chi connectivity index (χ2v) is 12.8. The van der Waals surface area contributed by atoms with Gasteiger partial charge in [0, 0.05) is 0 Å². The van der Waals surface area contributed by atoms with Gasteiger partial charge >= 0.3 is 0 Å². The van der Waals surface area contributed by atoms with Crippen molar-refractivity contribution in [1.82, 2.24) is 0 Å². The quantitative estimate of drug-likeness (QED) is 0.483. The van der Waals surface area contributed by atoms with Gasteiger partial charge in [-0.15, -0.1) is 0 Å². The summed E-state index contributed by atoms with van der Waals surface area (Å²) in [5, 5.41) is 0. The van der Waals surface area contributed by atoms with Crippen molar-refractivity contribution in [3.05, 3.63) is 0 Å². The number of rotatable bonds is 1. The smallest absolute Gasteiger partial charge is 0.0933 e. The minimum Gasteiger partial charge on any atom is -0.0933 e. The fraction of sp³-hybridized carbons (Fsp3) is 1.00. The van der Waals surface area contributed by atoms with Crippen LogP contribution in [-0.2, 0) is 0 Å². The SMILES string of the molecule is C[Si](C)(C)C(Cl)(Cl)Br. The molecule has 0 saturated heterocycles. The average Bonchev–Trinajstić information content (AvgIpc) is 1.25. The first kappa shape index (κ1) is 9.28. The Morgan fingerprint density at radius 3 is 1.38 bits per heavy atom. The van der Waals surface area contributed by atoms with Crippen LogP contribution in [0.4, 0.5) is 0 Å². The van der Waals surface area contributed by atoms with E-state index >= 15 is 0 Å². The Labute approximate surface area is 69.7 Å². The van der Waals surface area contributed by atoms with E-state index in [9.17, 15) is 0 Å². The van der Waals surface area contributed by atoms with E-state index in [1.807, 2.05) is 0 Å². The van der Waals surface area contributed by atoms with E-state index in [0.29, 0.717) is 0 Å². The highest BCUT2D eigenvalue weighted by atomic mass is 79.9. The zero-order valence-electron chi connectivity index (χ0n) is 5.13. The molecule has 0 aromatic rings. The first-order chi connectivity index (χ1) is 3.25. The fourth-order valence-corrected chi connectivity index (χ4v) is 0. The minimum absolute atomic E-state index is 0.667. The van der Waals surface area contributed by atoms with Gasteiger partial charge in [-0.3, -0.25) is 0 Å². The molecule has 0 saturated carbocycles. The Kier molecular flexibility index (Phi) is 2.88. The third-order valence-electron chi connectivity index (χ3n) is 0.850. The van der Waals surface area contributed by atoms with E-state index in [0.717, 1.165) is 0 Å². The molecule has 0 bridgehead atoms. The molecule has 50 valence electrons. The lowest BCUT2D eigenvalue weighted by molar-refractivity contribution is 1.53. The second kappa shape index (κ2) is 2.49. The third-order valence-corrected chi connectivity index (χ3v) is 9.52. The third kappa shape index (κ3) is 2.71. The summed E-state index contributed by atoms with van der Waals surface area (Å²) in [6, 6.07) is 0. The van der Waals surface area contributed by atoms with Crippen molar-refractivity contribution in [1.29, 1.82) is 0 Å². The molecule has 0 rings (SSSR count). The summed E-state index contributed by atoms with van der Waals surface area (Å²) in [5.74, 6) is 0. The number of alkyl halides is 3. The van der Waals surface area contributed by atoms with Gasteiger partial charge in [0.05, 0.1) is 0 Å². The minimum atomic E-state index is -1.41. The van der Waals surface area contributed by atoms with Crippen LogP contribution < -0.4 is 0 Å². The van der Waals surface area contributed by atoms with Gasteiger partial charge in [0.2, 0.25) is 0 Å². The summed E-state index contributed by atoms with van der Waals surface area (Å²) in [5.41, 5.74) is 0. The van der Waals surface area contributed by atoms with Crippen LogP contribution in [0.5, 0.6) is 0 Å². The van der Waals surface area contributed by atoms with Gasteiger partial charge in [0.25, 0.3) is 0 Å². The molecular weight excluding hydrogens is 227 g/mol. The predicted molar refractivity (Wildman–Crippen MR) is 46.7 cm³/mol. The number of hydrogen-bond donors (Lipinski definition) is 0. The molecular formula is C4H9BrCl2Si. The zero-order valence-corrected chi connectivity index (χ0v) is 9.23. The van der Waals surface area contributed by atoms with E-state index in [2.05, 4.69) is 35.6 Å². The first-order valence-corrected chi connectivity index (χ1v) is 7.37. The Balaban J connectivity index is 4.02. The molecule has 0 spiro atoms. The van der Waals surface area contributed by atoms with Crippen LogP contribution in [0.15, 0.2) is 0 Å². The summed E-state index contributed by atoms with van der Waals surface area (Å²) in [7, 11) is -1.41. The van der Waals surface area contributed by atoms with Crippen LogP contribution in [0.3, 0.4) is 0 Å². The standard InChI is InChI=1S/C4H9BrCl2Si/c1-8(2,3)4(5,6)7/h1-3H3. The van der Waals surface area contributed by atoms with Gasteiger partial charge in [0.15, 0.2) is 2.87 Å². The summed E-state index contributed by atoms with van der Waals surface area (Å²) >= 11 is 14.7. The van der Waals surface area contributed by atoms with Crippen LogP contribution in [-0.4, -0.2) is 10.9 Å². The molecule has 0 aliphatic carbocycles. The molecule has 0 unspecified atom stereocenters. The molecule has 0 aromatic carbocycles. The normalized spacial score (nSPS) is 14.2. The van der Waals surface area contributed by atoms with Crippen LogP contribution in [0.2, 0.25) is 19.6 Å². The monoisotopic (exact) mass is 234 g/mol. The molecule has 8 heavy (non-hydrogen) atoms. The summed E-state index contributed by atoms with van der Waals surface area (Å²) in [6.07, 6.45) is 0. The summed E-state index contributed by atoms with van der Waals surface area (Å²) < 4.78 is -0.667. The van der Waals surface area contributed by atoms with E-state index in [-0.39, 0.29) is 0 Å². The maximum Gasteiger partial charge on any atom is 0.158 e. The van der Waals surface area contributed by atoms with Crippen molar-refractivity contribution in [2.45, 2.75) is 22.5 Å². The maximum atomic E-state index is 5.75. The van der Waals surface area contributed by atoms with E-state index in [1.54, 1.807) is 0 Å². The van der Waals surface area contributed by atoms with Gasteiger partial charge in [-0.25, -0.2) is 0 Å². The lowest BCUT2D eigenvalue weighted by Gasteiger charge is -2.25. The number of hydrogen-bond acceptors (Lipinski definition) is 0. The van der Waals surface area contributed by atoms with Crippen molar-refractivity contribution in [2.24, 2.45) is 0 Å². The maximum absolute atomic E-state index is 5.75. The first-order valence-electron chi connectivity index (χ1n) is 2.32. The largest absolute Gasteiger partial charge is 0.158 e. The molecule has 0 fully saturated rings. The number of halogens is 3. The Bertz CT molecular complexity index is 69.0. The topological polar surface area (TPSA) is 0 Å². The highest BCUT2D eigenvalue weighted by molar-refractivity contribution is 9.11. The van der Waals surface area contributed by atoms with Gasteiger partial charge in [-0.05, 0) is 0 Å². The Morgan fingerprint density at radius 1 is 1.25 bits per heavy atom. The van der Waals surface area contributed by atoms with Gasteiger partial charge in [-0.2, -0.15) is 0 Å². The molecule has 0 nitrogen and oxygen atoms in total. The lowest BCUT2D eigenvalue weighted by atomic mass is 11.7. The molecule has 4 heteroatoms. The zero-order chi connectivity index (χ0) is 7.00. The molecule has 0 amide bonds. The van der Waals surface area contributed by atoms with Crippen molar-refractivity contribution >= 4 is 47.2 Å². The predicted octanol–water partition coefficient (Wildman–Crippen LogP) is 3.39. The average molecular weight is 236 g/mol. The van der Waals surface area contributed by atoms with Crippen LogP contribution in [0.1, 0.15) is 0 Å². The summed E-state index contributed by atoms with van der Waals surface area (Å²) in [6.45, 7) is 6.30. The molecule has 0 aliphatic rings. The second-order valence-electron chi connectivity index (χ2n) is 2.75. The highest BCUT2D eigenvalue weighted by Crippen LogP contribution is 2.38. The van der Waals surface area contributed by atoms with E-state index in [1.165, 1.54) is 0 Å². The molecule has 0 heterocycles. The van der Waals surface area contributed by atoms with Gasteiger partial charge in [-0.1, -0.05) is 58.8 Å². The Morgan fingerprint density at radius 2 is 1.38 bits per heavy atom.